The Kier molecular flexibility index (Phi) is 5.11. The van der Waals surface area contributed by atoms with Crippen molar-refractivity contribution in [2.75, 3.05) is 6.61 Å². The van der Waals surface area contributed by atoms with Crippen LogP contribution in [0, 0.1) is 0 Å². The molecular weight excluding hydrogens is 262 g/mol. The normalized spacial score (nSPS) is 13.1. The zero-order valence-electron chi connectivity index (χ0n) is 6.45. The lowest BCUT2D eigenvalue weighted by atomic mass is 10.4. The van der Waals surface area contributed by atoms with Crippen LogP contribution in [0.3, 0.4) is 0 Å². The molecule has 0 bridgehead atoms. The monoisotopic (exact) mass is 266 g/mol. The number of carbonyl (C=O) groups is 2. The SMILES string of the molecule is O=C(O)OCC(OC(=O)O)C(Cl)(Cl)Cl. The van der Waals surface area contributed by atoms with Gasteiger partial charge in [-0.3, -0.25) is 0 Å². The Balaban J connectivity index is 4.26. The van der Waals surface area contributed by atoms with Gasteiger partial charge in [-0.25, -0.2) is 9.59 Å². The van der Waals surface area contributed by atoms with Gasteiger partial charge in [-0.1, -0.05) is 34.8 Å². The third-order valence-corrected chi connectivity index (χ3v) is 1.70. The number of rotatable bonds is 3. The summed E-state index contributed by atoms with van der Waals surface area (Å²) in [7, 11) is 0. The fourth-order valence-corrected chi connectivity index (χ4v) is 0.787. The molecule has 9 heteroatoms. The van der Waals surface area contributed by atoms with Crippen LogP contribution in [-0.4, -0.2) is 39.0 Å². The molecule has 14 heavy (non-hydrogen) atoms. The summed E-state index contributed by atoms with van der Waals surface area (Å²) in [5, 5.41) is 16.3. The lowest BCUT2D eigenvalue weighted by Gasteiger charge is -2.21. The fourth-order valence-electron chi connectivity index (χ4n) is 0.464. The first-order chi connectivity index (χ1) is 6.23. The zero-order valence-corrected chi connectivity index (χ0v) is 8.71. The number of hydrogen-bond donors (Lipinski definition) is 2. The highest BCUT2D eigenvalue weighted by molar-refractivity contribution is 6.68. The molecule has 0 aromatic carbocycles. The molecule has 0 aromatic heterocycles. The maximum absolute atomic E-state index is 10.1. The number of hydrogen-bond acceptors (Lipinski definition) is 4. The molecule has 0 aromatic rings. The molecule has 2 N–H and O–H groups in total. The second kappa shape index (κ2) is 5.33. The summed E-state index contributed by atoms with van der Waals surface area (Å²) in [4.78, 5) is 20.1. The number of alkyl halides is 3. The van der Waals surface area contributed by atoms with Gasteiger partial charge in [0.2, 0.25) is 3.79 Å². The van der Waals surface area contributed by atoms with Crippen molar-refractivity contribution in [3.8, 4) is 0 Å². The summed E-state index contributed by atoms with van der Waals surface area (Å²) in [6.07, 6.45) is -4.84. The van der Waals surface area contributed by atoms with Crippen molar-refractivity contribution < 1.29 is 29.3 Å². The quantitative estimate of drug-likeness (QED) is 0.601. The molecule has 1 unspecified atom stereocenters. The van der Waals surface area contributed by atoms with Gasteiger partial charge in [0.25, 0.3) is 0 Å². The molecule has 0 saturated heterocycles. The van der Waals surface area contributed by atoms with Crippen LogP contribution in [0.25, 0.3) is 0 Å². The van der Waals surface area contributed by atoms with Gasteiger partial charge in [0.05, 0.1) is 0 Å². The van der Waals surface area contributed by atoms with E-state index in [0.29, 0.717) is 0 Å². The van der Waals surface area contributed by atoms with Gasteiger partial charge in [0.1, 0.15) is 6.61 Å². The van der Waals surface area contributed by atoms with E-state index in [9.17, 15) is 9.59 Å². The summed E-state index contributed by atoms with van der Waals surface area (Å²) < 4.78 is 6.01. The van der Waals surface area contributed by atoms with Crippen molar-refractivity contribution in [1.29, 1.82) is 0 Å². The number of ether oxygens (including phenoxy) is 2. The van der Waals surface area contributed by atoms with E-state index < -0.39 is 28.8 Å². The first-order valence-electron chi connectivity index (χ1n) is 3.05. The van der Waals surface area contributed by atoms with Crippen molar-refractivity contribution in [3.05, 3.63) is 0 Å². The first-order valence-corrected chi connectivity index (χ1v) is 4.19. The van der Waals surface area contributed by atoms with Crippen LogP contribution in [0.1, 0.15) is 0 Å². The molecule has 0 heterocycles. The van der Waals surface area contributed by atoms with E-state index in [4.69, 9.17) is 45.0 Å². The smallest absolute Gasteiger partial charge is 0.450 e. The average molecular weight is 267 g/mol. The highest BCUT2D eigenvalue weighted by atomic mass is 35.6. The van der Waals surface area contributed by atoms with Gasteiger partial charge in [0.15, 0.2) is 6.10 Å². The fraction of sp³-hybridized carbons (Fsp3) is 0.600. The van der Waals surface area contributed by atoms with Crippen molar-refractivity contribution in [2.24, 2.45) is 0 Å². The lowest BCUT2D eigenvalue weighted by Crippen LogP contribution is -2.35. The molecule has 0 rings (SSSR count). The topological polar surface area (TPSA) is 93.1 Å². The summed E-state index contributed by atoms with van der Waals surface area (Å²) in [5.74, 6) is 0. The molecule has 6 nitrogen and oxygen atoms in total. The Labute approximate surface area is 93.2 Å². The Morgan fingerprint density at radius 2 is 1.71 bits per heavy atom. The molecule has 0 amide bonds. The maximum atomic E-state index is 10.1. The number of halogens is 3. The minimum atomic E-state index is -2.09. The largest absolute Gasteiger partial charge is 0.506 e. The van der Waals surface area contributed by atoms with Gasteiger partial charge >= 0.3 is 12.3 Å². The molecule has 0 spiro atoms. The highest BCUT2D eigenvalue weighted by Gasteiger charge is 2.37. The van der Waals surface area contributed by atoms with Crippen LogP contribution in [0.5, 0.6) is 0 Å². The van der Waals surface area contributed by atoms with E-state index in [1.54, 1.807) is 0 Å². The van der Waals surface area contributed by atoms with Crippen molar-refractivity contribution in [3.63, 3.8) is 0 Å². The van der Waals surface area contributed by atoms with E-state index in [2.05, 4.69) is 9.47 Å². The molecule has 0 aliphatic carbocycles. The molecule has 82 valence electrons. The third-order valence-electron chi connectivity index (χ3n) is 0.966. The van der Waals surface area contributed by atoms with Crippen LogP contribution in [-0.2, 0) is 9.47 Å². The van der Waals surface area contributed by atoms with E-state index in [1.807, 2.05) is 0 Å². The van der Waals surface area contributed by atoms with E-state index in [0.717, 1.165) is 0 Å². The van der Waals surface area contributed by atoms with Gasteiger partial charge in [0, 0.05) is 0 Å². The van der Waals surface area contributed by atoms with Crippen molar-refractivity contribution in [2.45, 2.75) is 9.90 Å². The first kappa shape index (κ1) is 13.4. The maximum Gasteiger partial charge on any atom is 0.506 e. The highest BCUT2D eigenvalue weighted by Crippen LogP contribution is 2.32. The van der Waals surface area contributed by atoms with Crippen molar-refractivity contribution >= 4 is 47.1 Å². The standard InChI is InChI=1S/C5H5Cl3O6/c6-5(7,8)2(14-4(11)12)1-13-3(9)10/h2H,1H2,(H,9,10)(H,11,12). The predicted octanol–water partition coefficient (Wildman–Crippen LogP) is 2.11. The van der Waals surface area contributed by atoms with Gasteiger partial charge in [-0.2, -0.15) is 0 Å². The Morgan fingerprint density at radius 1 is 1.21 bits per heavy atom. The third kappa shape index (κ3) is 5.95. The zero-order chi connectivity index (χ0) is 11.4. The molecule has 0 radical (unpaired) electrons. The molecule has 0 fully saturated rings. The number of carboxylic acid groups (broad SMARTS) is 2. The second-order valence-corrected chi connectivity index (χ2v) is 4.36. The van der Waals surface area contributed by atoms with Crippen LogP contribution >= 0.6 is 34.8 Å². The van der Waals surface area contributed by atoms with Gasteiger partial charge < -0.3 is 19.7 Å². The summed E-state index contributed by atoms with van der Waals surface area (Å²) in [6.45, 7) is -0.696. The van der Waals surface area contributed by atoms with Crippen LogP contribution < -0.4 is 0 Å². The minimum absolute atomic E-state index is 0.696. The minimum Gasteiger partial charge on any atom is -0.450 e. The molecule has 0 saturated carbocycles. The predicted molar refractivity (Wildman–Crippen MR) is 47.2 cm³/mol. The second-order valence-electron chi connectivity index (χ2n) is 1.99. The summed E-state index contributed by atoms with van der Waals surface area (Å²) >= 11 is 15.9. The molecular formula is C5H5Cl3O6. The van der Waals surface area contributed by atoms with E-state index >= 15 is 0 Å². The molecule has 1 atom stereocenters. The Bertz CT molecular complexity index is 224. The summed E-state index contributed by atoms with van der Waals surface area (Å²) in [6, 6.07) is 0. The van der Waals surface area contributed by atoms with Crippen LogP contribution in [0.2, 0.25) is 0 Å². The molecule has 0 aliphatic heterocycles. The van der Waals surface area contributed by atoms with E-state index in [1.165, 1.54) is 0 Å². The van der Waals surface area contributed by atoms with Crippen molar-refractivity contribution in [1.82, 2.24) is 0 Å². The molecule has 0 aliphatic rings. The van der Waals surface area contributed by atoms with E-state index in [-0.39, 0.29) is 0 Å². The van der Waals surface area contributed by atoms with Gasteiger partial charge in [-0.15, -0.1) is 0 Å². The Morgan fingerprint density at radius 3 is 2.00 bits per heavy atom. The average Bonchev–Trinajstić information content (AvgIpc) is 1.94. The van der Waals surface area contributed by atoms with Gasteiger partial charge in [-0.05, 0) is 0 Å². The summed E-state index contributed by atoms with van der Waals surface area (Å²) in [5.41, 5.74) is 0. The Hall–Kier alpha value is -0.590. The van der Waals surface area contributed by atoms with Crippen LogP contribution in [0.4, 0.5) is 9.59 Å². The lowest BCUT2D eigenvalue weighted by molar-refractivity contribution is 0.00659. The van der Waals surface area contributed by atoms with Crippen LogP contribution in [0.15, 0.2) is 0 Å².